The lowest BCUT2D eigenvalue weighted by atomic mass is 10.1. The van der Waals surface area contributed by atoms with Gasteiger partial charge < -0.3 is 10.2 Å². The number of pyridine rings is 1. The normalized spacial score (nSPS) is 13.8. The Morgan fingerprint density at radius 2 is 1.92 bits per heavy atom. The van der Waals surface area contributed by atoms with E-state index in [0.717, 1.165) is 24.5 Å². The molecule has 0 spiro atoms. The number of nitrogens with one attached hydrogen (secondary N) is 1. The third-order valence-electron chi connectivity index (χ3n) is 4.16. The molecule has 1 aliphatic rings. The number of anilines is 2. The quantitative estimate of drug-likeness (QED) is 0.829. The molecule has 1 aliphatic heterocycles. The van der Waals surface area contributed by atoms with Crippen LogP contribution in [0.3, 0.4) is 0 Å². The average molecular weight is 323 g/mol. The molecule has 0 unspecified atom stereocenters. The molecule has 2 aromatic rings. The predicted molar refractivity (Wildman–Crippen MR) is 94.3 cm³/mol. The van der Waals surface area contributed by atoms with Gasteiger partial charge in [-0.1, -0.05) is 6.07 Å². The monoisotopic (exact) mass is 323 g/mol. The number of carbonyl (C=O) groups excluding carboxylic acids is 2. The summed E-state index contributed by atoms with van der Waals surface area (Å²) in [5.41, 5.74) is 2.45. The summed E-state index contributed by atoms with van der Waals surface area (Å²) in [7, 11) is 0. The van der Waals surface area contributed by atoms with Crippen LogP contribution in [0.15, 0.2) is 48.8 Å². The minimum atomic E-state index is -0.147. The summed E-state index contributed by atoms with van der Waals surface area (Å²) in [6, 6.07) is 11.3. The molecule has 0 aliphatic carbocycles. The zero-order valence-corrected chi connectivity index (χ0v) is 13.6. The average Bonchev–Trinajstić information content (AvgIpc) is 3.15. The number of Topliss-reactive ketones (excluding diaryl/α,β-unsaturated/α-hetero) is 1. The van der Waals surface area contributed by atoms with Crippen molar-refractivity contribution in [2.45, 2.75) is 25.7 Å². The van der Waals surface area contributed by atoms with Crippen molar-refractivity contribution < 1.29 is 9.59 Å². The fraction of sp³-hybridized carbons (Fsp3) is 0.316. The van der Waals surface area contributed by atoms with E-state index in [9.17, 15) is 9.59 Å². The lowest BCUT2D eigenvalue weighted by Gasteiger charge is -2.18. The van der Waals surface area contributed by atoms with E-state index in [1.165, 1.54) is 19.0 Å². The second kappa shape index (κ2) is 7.73. The number of rotatable bonds is 6. The molecule has 24 heavy (non-hydrogen) atoms. The van der Waals surface area contributed by atoms with Crippen LogP contribution in [0.25, 0.3) is 0 Å². The van der Waals surface area contributed by atoms with E-state index in [1.807, 2.05) is 18.2 Å². The van der Waals surface area contributed by atoms with E-state index in [1.54, 1.807) is 18.3 Å². The largest absolute Gasteiger partial charge is 0.371 e. The van der Waals surface area contributed by atoms with Crippen LogP contribution < -0.4 is 10.2 Å². The van der Waals surface area contributed by atoms with E-state index in [2.05, 4.69) is 21.3 Å². The van der Waals surface area contributed by atoms with E-state index >= 15 is 0 Å². The molecule has 1 aromatic heterocycles. The number of hydrogen-bond donors (Lipinski definition) is 1. The minimum Gasteiger partial charge on any atom is -0.371 e. The van der Waals surface area contributed by atoms with Crippen molar-refractivity contribution in [3.63, 3.8) is 0 Å². The number of amides is 1. The maximum Gasteiger partial charge on any atom is 0.224 e. The summed E-state index contributed by atoms with van der Waals surface area (Å²) in [4.78, 5) is 30.3. The van der Waals surface area contributed by atoms with Gasteiger partial charge >= 0.3 is 0 Å². The van der Waals surface area contributed by atoms with Gasteiger partial charge in [0.15, 0.2) is 5.78 Å². The van der Waals surface area contributed by atoms with Crippen molar-refractivity contribution in [3.8, 4) is 0 Å². The molecular weight excluding hydrogens is 302 g/mol. The van der Waals surface area contributed by atoms with Gasteiger partial charge in [-0.05, 0) is 43.2 Å². The van der Waals surface area contributed by atoms with Gasteiger partial charge in [0.2, 0.25) is 5.91 Å². The van der Waals surface area contributed by atoms with Crippen molar-refractivity contribution >= 4 is 23.1 Å². The van der Waals surface area contributed by atoms with Crippen LogP contribution in [-0.2, 0) is 4.79 Å². The highest BCUT2D eigenvalue weighted by Crippen LogP contribution is 2.23. The third kappa shape index (κ3) is 4.19. The van der Waals surface area contributed by atoms with Crippen LogP contribution >= 0.6 is 0 Å². The topological polar surface area (TPSA) is 62.3 Å². The van der Waals surface area contributed by atoms with Crippen molar-refractivity contribution in [2.24, 2.45) is 0 Å². The number of aromatic nitrogens is 1. The zero-order chi connectivity index (χ0) is 16.8. The molecule has 0 atom stereocenters. The maximum absolute atomic E-state index is 12.1. The number of nitrogens with zero attached hydrogens (tertiary/aromatic N) is 2. The Balaban J connectivity index is 1.53. The second-order valence-electron chi connectivity index (χ2n) is 5.96. The van der Waals surface area contributed by atoms with Gasteiger partial charge in [-0.25, -0.2) is 0 Å². The van der Waals surface area contributed by atoms with Gasteiger partial charge in [0.05, 0.1) is 0 Å². The number of hydrogen-bond acceptors (Lipinski definition) is 4. The van der Waals surface area contributed by atoms with E-state index in [-0.39, 0.29) is 24.5 Å². The highest BCUT2D eigenvalue weighted by molar-refractivity contribution is 5.99. The van der Waals surface area contributed by atoms with Gasteiger partial charge in [-0.15, -0.1) is 0 Å². The Hall–Kier alpha value is -2.69. The fourth-order valence-corrected chi connectivity index (χ4v) is 2.88. The molecule has 0 radical (unpaired) electrons. The van der Waals surface area contributed by atoms with Gasteiger partial charge in [0.1, 0.15) is 0 Å². The molecule has 3 rings (SSSR count). The highest BCUT2D eigenvalue weighted by Gasteiger charge is 2.13. The smallest absolute Gasteiger partial charge is 0.224 e. The lowest BCUT2D eigenvalue weighted by molar-refractivity contribution is -0.116. The van der Waals surface area contributed by atoms with Gasteiger partial charge in [0.25, 0.3) is 0 Å². The summed E-state index contributed by atoms with van der Waals surface area (Å²) in [5, 5.41) is 2.88. The lowest BCUT2D eigenvalue weighted by Crippen LogP contribution is -2.18. The number of ketones is 1. The Labute approximate surface area is 141 Å². The summed E-state index contributed by atoms with van der Waals surface area (Å²) in [6.07, 6.45) is 5.93. The fourth-order valence-electron chi connectivity index (χ4n) is 2.88. The molecule has 5 heteroatoms. The maximum atomic E-state index is 12.1. The van der Waals surface area contributed by atoms with Crippen molar-refractivity contribution in [2.75, 3.05) is 23.3 Å². The van der Waals surface area contributed by atoms with Crippen LogP contribution in [0, 0.1) is 0 Å². The molecule has 124 valence electrons. The summed E-state index contributed by atoms with van der Waals surface area (Å²) < 4.78 is 0. The van der Waals surface area contributed by atoms with Crippen LogP contribution in [-0.4, -0.2) is 29.8 Å². The SMILES string of the molecule is O=C(CCC(=O)c1cccnc1)Nc1cccc(N2CCCC2)c1. The Morgan fingerprint density at radius 1 is 1.08 bits per heavy atom. The molecule has 1 amide bonds. The standard InChI is InChI=1S/C19H21N3O2/c23-18(15-5-4-10-20-14-15)8-9-19(24)21-16-6-3-7-17(13-16)22-11-1-2-12-22/h3-7,10,13-14H,1-2,8-9,11-12H2,(H,21,24). The number of benzene rings is 1. The van der Waals surface area contributed by atoms with Crippen molar-refractivity contribution in [1.29, 1.82) is 0 Å². The first-order valence-electron chi connectivity index (χ1n) is 8.30. The van der Waals surface area contributed by atoms with E-state index < -0.39 is 0 Å². The van der Waals surface area contributed by atoms with Crippen LogP contribution in [0.2, 0.25) is 0 Å². The van der Waals surface area contributed by atoms with Gasteiger partial charge in [0, 0.05) is 55.3 Å². The molecule has 0 bridgehead atoms. The van der Waals surface area contributed by atoms with Gasteiger partial charge in [-0.3, -0.25) is 14.6 Å². The Morgan fingerprint density at radius 3 is 2.67 bits per heavy atom. The van der Waals surface area contributed by atoms with Crippen molar-refractivity contribution in [3.05, 3.63) is 54.4 Å². The molecule has 1 aromatic carbocycles. The van der Waals surface area contributed by atoms with Crippen LogP contribution in [0.4, 0.5) is 11.4 Å². The van der Waals surface area contributed by atoms with Crippen LogP contribution in [0.1, 0.15) is 36.0 Å². The highest BCUT2D eigenvalue weighted by atomic mass is 16.2. The molecular formula is C19H21N3O2. The first-order chi connectivity index (χ1) is 11.7. The molecule has 1 N–H and O–H groups in total. The second-order valence-corrected chi connectivity index (χ2v) is 5.96. The summed E-state index contributed by atoms with van der Waals surface area (Å²) in [5.74, 6) is -0.213. The zero-order valence-electron chi connectivity index (χ0n) is 13.6. The predicted octanol–water partition coefficient (Wildman–Crippen LogP) is 3.28. The number of carbonyl (C=O) groups is 2. The Bertz CT molecular complexity index is 710. The minimum absolute atomic E-state index is 0.0657. The van der Waals surface area contributed by atoms with E-state index in [4.69, 9.17) is 0 Å². The molecule has 0 saturated carbocycles. The first-order valence-corrected chi connectivity index (χ1v) is 8.30. The van der Waals surface area contributed by atoms with Gasteiger partial charge in [-0.2, -0.15) is 0 Å². The Kier molecular flexibility index (Phi) is 5.21. The van der Waals surface area contributed by atoms with Crippen molar-refractivity contribution in [1.82, 2.24) is 4.98 Å². The first kappa shape index (κ1) is 16.2. The van der Waals surface area contributed by atoms with E-state index in [0.29, 0.717) is 5.56 Å². The van der Waals surface area contributed by atoms with Crippen LogP contribution in [0.5, 0.6) is 0 Å². The molecule has 5 nitrogen and oxygen atoms in total. The summed E-state index contributed by atoms with van der Waals surface area (Å²) in [6.45, 7) is 2.13. The third-order valence-corrected chi connectivity index (χ3v) is 4.16. The summed E-state index contributed by atoms with van der Waals surface area (Å²) >= 11 is 0. The molecule has 2 heterocycles. The molecule has 1 fully saturated rings. The molecule has 1 saturated heterocycles.